The summed E-state index contributed by atoms with van der Waals surface area (Å²) in [5.41, 5.74) is 6.38. The second-order valence-electron chi connectivity index (χ2n) is 6.42. The Hall–Kier alpha value is -2.06. The number of pyridine rings is 1. The van der Waals surface area contributed by atoms with Crippen LogP contribution in [0, 0.1) is 6.92 Å². The quantitative estimate of drug-likeness (QED) is 0.440. The molecule has 0 aliphatic carbocycles. The van der Waals surface area contributed by atoms with Crippen LogP contribution >= 0.6 is 11.8 Å². The van der Waals surface area contributed by atoms with Crippen molar-refractivity contribution in [3.8, 4) is 22.4 Å². The highest BCUT2D eigenvalue weighted by Gasteiger charge is 2.15. The van der Waals surface area contributed by atoms with Gasteiger partial charge in [0.05, 0.1) is 0 Å². The molecule has 2 aromatic carbocycles. The van der Waals surface area contributed by atoms with Crippen molar-refractivity contribution in [1.82, 2.24) is 0 Å². The van der Waals surface area contributed by atoms with Crippen LogP contribution in [-0.2, 0) is 7.05 Å². The topological polar surface area (TPSA) is 3.88 Å². The lowest BCUT2D eigenvalue weighted by molar-refractivity contribution is -0.660. The van der Waals surface area contributed by atoms with Gasteiger partial charge >= 0.3 is 0 Å². The fraction of sp³-hybridized carbons (Fsp3) is 0.227. The Bertz CT molecular complexity index is 838. The first-order valence-electron chi connectivity index (χ1n) is 8.37. The molecule has 0 atom stereocenters. The number of aryl methyl sites for hydroxylation is 2. The normalized spacial score (nSPS) is 11.0. The van der Waals surface area contributed by atoms with Gasteiger partial charge in [-0.3, -0.25) is 0 Å². The zero-order valence-electron chi connectivity index (χ0n) is 14.8. The van der Waals surface area contributed by atoms with Crippen LogP contribution in [0.4, 0.5) is 0 Å². The highest BCUT2D eigenvalue weighted by atomic mass is 32.2. The molecule has 3 rings (SSSR count). The summed E-state index contributed by atoms with van der Waals surface area (Å²) in [7, 11) is 2.12. The molecule has 0 unspecified atom stereocenters. The largest absolute Gasteiger partial charge is 0.213 e. The van der Waals surface area contributed by atoms with Crippen LogP contribution in [0.5, 0.6) is 0 Å². The van der Waals surface area contributed by atoms with Crippen LogP contribution in [0.15, 0.2) is 71.8 Å². The smallest absolute Gasteiger partial charge is 0.201 e. The fourth-order valence-corrected chi connectivity index (χ4v) is 3.74. The average Bonchev–Trinajstić information content (AvgIpc) is 2.58. The number of hydrogen-bond donors (Lipinski definition) is 0. The van der Waals surface area contributed by atoms with Gasteiger partial charge in [-0.15, -0.1) is 11.8 Å². The van der Waals surface area contributed by atoms with E-state index in [1.807, 2.05) is 11.8 Å². The average molecular weight is 335 g/mol. The predicted molar refractivity (Wildman–Crippen MR) is 104 cm³/mol. The van der Waals surface area contributed by atoms with Crippen LogP contribution in [0.25, 0.3) is 22.4 Å². The molecule has 0 fully saturated rings. The zero-order valence-corrected chi connectivity index (χ0v) is 15.6. The van der Waals surface area contributed by atoms with Gasteiger partial charge in [-0.1, -0.05) is 56.3 Å². The molecule has 1 nitrogen and oxygen atoms in total. The molecule has 0 aliphatic heterocycles. The third-order valence-electron chi connectivity index (χ3n) is 4.11. The Morgan fingerprint density at radius 1 is 0.875 bits per heavy atom. The summed E-state index contributed by atoms with van der Waals surface area (Å²) in [6.45, 7) is 6.66. The van der Waals surface area contributed by atoms with Gasteiger partial charge in [-0.05, 0) is 29.7 Å². The van der Waals surface area contributed by atoms with Crippen molar-refractivity contribution in [2.45, 2.75) is 30.9 Å². The van der Waals surface area contributed by atoms with Gasteiger partial charge in [0.1, 0.15) is 7.05 Å². The van der Waals surface area contributed by atoms with Gasteiger partial charge in [0.2, 0.25) is 5.69 Å². The lowest BCUT2D eigenvalue weighted by Crippen LogP contribution is -2.30. The summed E-state index contributed by atoms with van der Waals surface area (Å²) in [6.07, 6.45) is 2.16. The van der Waals surface area contributed by atoms with Crippen molar-refractivity contribution in [3.05, 3.63) is 72.4 Å². The second-order valence-corrected chi connectivity index (χ2v) is 8.07. The molecule has 0 spiro atoms. The van der Waals surface area contributed by atoms with Crippen LogP contribution in [0.1, 0.15) is 19.4 Å². The van der Waals surface area contributed by atoms with E-state index in [1.165, 1.54) is 32.8 Å². The molecule has 24 heavy (non-hydrogen) atoms. The minimum atomic E-state index is 0.585. The molecule has 1 aromatic heterocycles. The third-order valence-corrected chi connectivity index (χ3v) is 5.11. The summed E-state index contributed by atoms with van der Waals surface area (Å²) < 4.78 is 2.21. The van der Waals surface area contributed by atoms with E-state index in [0.29, 0.717) is 5.25 Å². The fourth-order valence-electron chi connectivity index (χ4n) is 2.87. The van der Waals surface area contributed by atoms with Gasteiger partial charge in [0.25, 0.3) is 0 Å². The Morgan fingerprint density at radius 2 is 1.62 bits per heavy atom. The van der Waals surface area contributed by atoms with Crippen molar-refractivity contribution in [3.63, 3.8) is 0 Å². The number of hydrogen-bond acceptors (Lipinski definition) is 1. The van der Waals surface area contributed by atoms with Crippen molar-refractivity contribution in [2.75, 3.05) is 0 Å². The molecule has 0 N–H and O–H groups in total. The van der Waals surface area contributed by atoms with Crippen molar-refractivity contribution in [1.29, 1.82) is 0 Å². The molecule has 3 aromatic rings. The van der Waals surface area contributed by atoms with E-state index in [-0.39, 0.29) is 0 Å². The molecule has 2 heteroatoms. The number of benzene rings is 2. The van der Waals surface area contributed by atoms with E-state index in [9.17, 15) is 0 Å². The monoisotopic (exact) mass is 334 g/mol. The highest BCUT2D eigenvalue weighted by molar-refractivity contribution is 7.99. The number of aromatic nitrogens is 1. The molecule has 1 heterocycles. The van der Waals surface area contributed by atoms with Crippen LogP contribution < -0.4 is 4.57 Å². The molecule has 0 radical (unpaired) electrons. The molecule has 0 saturated carbocycles. The van der Waals surface area contributed by atoms with E-state index in [1.54, 1.807) is 0 Å². The van der Waals surface area contributed by atoms with E-state index >= 15 is 0 Å². The molecule has 0 aliphatic rings. The summed E-state index contributed by atoms with van der Waals surface area (Å²) in [6, 6.07) is 21.8. The van der Waals surface area contributed by atoms with Crippen LogP contribution in [0.3, 0.4) is 0 Å². The predicted octanol–water partition coefficient (Wildman–Crippen LogP) is 5.65. The van der Waals surface area contributed by atoms with E-state index in [0.717, 1.165) is 0 Å². The first kappa shape index (κ1) is 16.8. The Labute approximate surface area is 149 Å². The third kappa shape index (κ3) is 3.70. The summed E-state index contributed by atoms with van der Waals surface area (Å²) in [4.78, 5) is 1.32. The number of rotatable bonds is 4. The second kappa shape index (κ2) is 7.23. The Kier molecular flexibility index (Phi) is 5.06. The maximum atomic E-state index is 2.31. The highest BCUT2D eigenvalue weighted by Crippen LogP contribution is 2.30. The van der Waals surface area contributed by atoms with Gasteiger partial charge in [-0.2, -0.15) is 0 Å². The SMILES string of the molecule is Cc1ccc(-c2ccccc2)cc1-c1cc(SC(C)C)cc[n+]1C. The summed E-state index contributed by atoms with van der Waals surface area (Å²) in [5, 5.41) is 0.585. The van der Waals surface area contributed by atoms with Gasteiger partial charge < -0.3 is 0 Å². The Balaban J connectivity index is 2.09. The standard InChI is InChI=1S/C22H24NS/c1-16(2)24-20-12-13-23(4)22(15-20)21-14-19(11-10-17(21)3)18-8-6-5-7-9-18/h5-16H,1-4H3/q+1. The first-order valence-corrected chi connectivity index (χ1v) is 9.25. The molecular formula is C22H24NS+. The summed E-state index contributed by atoms with van der Waals surface area (Å²) >= 11 is 1.91. The number of thioether (sulfide) groups is 1. The maximum absolute atomic E-state index is 2.31. The van der Waals surface area contributed by atoms with Gasteiger partial charge in [0.15, 0.2) is 6.20 Å². The summed E-state index contributed by atoms with van der Waals surface area (Å²) in [5.74, 6) is 0. The molecule has 0 bridgehead atoms. The van der Waals surface area contributed by atoms with Crippen molar-refractivity contribution in [2.24, 2.45) is 7.05 Å². The minimum absolute atomic E-state index is 0.585. The maximum Gasteiger partial charge on any atom is 0.213 e. The molecule has 122 valence electrons. The van der Waals surface area contributed by atoms with Crippen molar-refractivity contribution >= 4 is 11.8 Å². The lowest BCUT2D eigenvalue weighted by atomic mass is 9.97. The zero-order chi connectivity index (χ0) is 17.1. The first-order chi connectivity index (χ1) is 11.5. The van der Waals surface area contributed by atoms with Crippen LogP contribution in [-0.4, -0.2) is 5.25 Å². The molecule has 0 amide bonds. The molecule has 0 saturated heterocycles. The minimum Gasteiger partial charge on any atom is -0.201 e. The van der Waals surface area contributed by atoms with E-state index < -0.39 is 0 Å². The Morgan fingerprint density at radius 3 is 2.33 bits per heavy atom. The van der Waals surface area contributed by atoms with Crippen LogP contribution in [0.2, 0.25) is 0 Å². The van der Waals surface area contributed by atoms with E-state index in [4.69, 9.17) is 0 Å². The van der Waals surface area contributed by atoms with E-state index in [2.05, 4.69) is 99.2 Å². The van der Waals surface area contributed by atoms with Crippen molar-refractivity contribution < 1.29 is 4.57 Å². The molecular weight excluding hydrogens is 310 g/mol. The lowest BCUT2D eigenvalue weighted by Gasteiger charge is -2.10. The van der Waals surface area contributed by atoms with Gasteiger partial charge in [-0.25, -0.2) is 4.57 Å². The number of nitrogens with zero attached hydrogens (tertiary/aromatic N) is 1. The van der Waals surface area contributed by atoms with Gasteiger partial charge in [0, 0.05) is 27.8 Å².